The van der Waals surface area contributed by atoms with Crippen molar-refractivity contribution in [1.82, 2.24) is 0 Å². The average Bonchev–Trinajstić information content (AvgIpc) is 2.46. The molecule has 1 rings (SSSR count). The standard InChI is InChI=1S/C17H29N3O/c1-13(2)9-11-20(12-10-14(3)4)16-7-5-15(6-8-16)17(18)19-21/h5-8,13-14,21H,9-12H2,1-4H3,(H2,18,19). The van der Waals surface area contributed by atoms with Gasteiger partial charge in [-0.1, -0.05) is 32.9 Å². The lowest BCUT2D eigenvalue weighted by Crippen LogP contribution is -2.27. The summed E-state index contributed by atoms with van der Waals surface area (Å²) in [4.78, 5) is 2.43. The molecular formula is C17H29N3O. The molecule has 0 heterocycles. The molecule has 0 aliphatic carbocycles. The van der Waals surface area contributed by atoms with Gasteiger partial charge in [0.1, 0.15) is 0 Å². The highest BCUT2D eigenvalue weighted by molar-refractivity contribution is 5.97. The van der Waals surface area contributed by atoms with Gasteiger partial charge in [0.05, 0.1) is 0 Å². The lowest BCUT2D eigenvalue weighted by Gasteiger charge is -2.26. The first kappa shape index (κ1) is 17.3. The van der Waals surface area contributed by atoms with E-state index in [1.807, 2.05) is 24.3 Å². The third kappa shape index (κ3) is 6.06. The number of oxime groups is 1. The van der Waals surface area contributed by atoms with Crippen molar-refractivity contribution in [3.63, 3.8) is 0 Å². The molecule has 1 aromatic carbocycles. The monoisotopic (exact) mass is 291 g/mol. The summed E-state index contributed by atoms with van der Waals surface area (Å²) in [5, 5.41) is 11.7. The van der Waals surface area contributed by atoms with Crippen LogP contribution in [-0.4, -0.2) is 24.1 Å². The van der Waals surface area contributed by atoms with Crippen LogP contribution in [0.2, 0.25) is 0 Å². The largest absolute Gasteiger partial charge is 0.409 e. The molecule has 21 heavy (non-hydrogen) atoms. The molecule has 0 aliphatic rings. The summed E-state index contributed by atoms with van der Waals surface area (Å²) in [5.74, 6) is 1.54. The second-order valence-corrected chi connectivity index (χ2v) is 6.38. The Morgan fingerprint density at radius 1 is 1.05 bits per heavy atom. The van der Waals surface area contributed by atoms with Crippen LogP contribution in [0.5, 0.6) is 0 Å². The third-order valence-electron chi connectivity index (χ3n) is 3.59. The lowest BCUT2D eigenvalue weighted by molar-refractivity contribution is 0.318. The average molecular weight is 291 g/mol. The first-order chi connectivity index (χ1) is 9.93. The van der Waals surface area contributed by atoms with Crippen molar-refractivity contribution in [2.24, 2.45) is 22.7 Å². The number of rotatable bonds is 8. The van der Waals surface area contributed by atoms with E-state index in [9.17, 15) is 0 Å². The molecule has 0 radical (unpaired) electrons. The van der Waals surface area contributed by atoms with Crippen LogP contribution in [0.15, 0.2) is 29.4 Å². The van der Waals surface area contributed by atoms with Crippen molar-refractivity contribution < 1.29 is 5.21 Å². The molecule has 0 saturated carbocycles. The Morgan fingerprint density at radius 2 is 1.52 bits per heavy atom. The van der Waals surface area contributed by atoms with Crippen LogP contribution in [0.4, 0.5) is 5.69 Å². The summed E-state index contributed by atoms with van der Waals surface area (Å²) in [6, 6.07) is 7.91. The van der Waals surface area contributed by atoms with Crippen molar-refractivity contribution in [3.05, 3.63) is 29.8 Å². The molecule has 4 heteroatoms. The number of nitrogens with zero attached hydrogens (tertiary/aromatic N) is 2. The van der Waals surface area contributed by atoms with Crippen LogP contribution in [0.3, 0.4) is 0 Å². The number of hydrogen-bond donors (Lipinski definition) is 2. The summed E-state index contributed by atoms with van der Waals surface area (Å²) in [6.07, 6.45) is 2.36. The molecule has 4 nitrogen and oxygen atoms in total. The summed E-state index contributed by atoms with van der Waals surface area (Å²) in [6.45, 7) is 11.1. The second kappa shape index (κ2) is 8.55. The molecule has 3 N–H and O–H groups in total. The summed E-state index contributed by atoms with van der Waals surface area (Å²) in [5.41, 5.74) is 7.55. The van der Waals surface area contributed by atoms with Gasteiger partial charge in [-0.15, -0.1) is 0 Å². The number of amidine groups is 1. The highest BCUT2D eigenvalue weighted by Crippen LogP contribution is 2.18. The van der Waals surface area contributed by atoms with Crippen LogP contribution >= 0.6 is 0 Å². The fourth-order valence-electron chi connectivity index (χ4n) is 2.10. The Bertz CT molecular complexity index is 426. The number of anilines is 1. The van der Waals surface area contributed by atoms with E-state index in [0.29, 0.717) is 11.8 Å². The van der Waals surface area contributed by atoms with E-state index in [1.54, 1.807) is 0 Å². The van der Waals surface area contributed by atoms with Gasteiger partial charge in [-0.2, -0.15) is 0 Å². The molecule has 1 aromatic rings. The van der Waals surface area contributed by atoms with Gasteiger partial charge in [0, 0.05) is 24.3 Å². The van der Waals surface area contributed by atoms with Crippen LogP contribution < -0.4 is 10.6 Å². The van der Waals surface area contributed by atoms with Crippen molar-refractivity contribution in [2.75, 3.05) is 18.0 Å². The Hall–Kier alpha value is -1.71. The van der Waals surface area contributed by atoms with Crippen LogP contribution in [0.1, 0.15) is 46.1 Å². The minimum absolute atomic E-state index is 0.150. The minimum Gasteiger partial charge on any atom is -0.409 e. The molecule has 0 bridgehead atoms. The van der Waals surface area contributed by atoms with E-state index < -0.39 is 0 Å². The van der Waals surface area contributed by atoms with Gasteiger partial charge in [0.25, 0.3) is 0 Å². The number of benzene rings is 1. The van der Waals surface area contributed by atoms with Crippen molar-refractivity contribution in [2.45, 2.75) is 40.5 Å². The van der Waals surface area contributed by atoms with E-state index in [0.717, 1.165) is 18.7 Å². The Labute approximate surface area is 128 Å². The van der Waals surface area contributed by atoms with Gasteiger partial charge >= 0.3 is 0 Å². The van der Waals surface area contributed by atoms with Gasteiger partial charge in [-0.3, -0.25) is 0 Å². The van der Waals surface area contributed by atoms with E-state index in [-0.39, 0.29) is 5.84 Å². The Balaban J connectivity index is 2.80. The molecule has 0 aliphatic heterocycles. The van der Waals surface area contributed by atoms with Crippen molar-refractivity contribution in [1.29, 1.82) is 0 Å². The zero-order chi connectivity index (χ0) is 15.8. The second-order valence-electron chi connectivity index (χ2n) is 6.38. The predicted molar refractivity (Wildman–Crippen MR) is 90.1 cm³/mol. The quantitative estimate of drug-likeness (QED) is 0.332. The summed E-state index contributed by atoms with van der Waals surface area (Å²) < 4.78 is 0. The molecule has 0 unspecified atom stereocenters. The van der Waals surface area contributed by atoms with Crippen molar-refractivity contribution >= 4 is 11.5 Å². The smallest absolute Gasteiger partial charge is 0.170 e. The highest BCUT2D eigenvalue weighted by Gasteiger charge is 2.09. The highest BCUT2D eigenvalue weighted by atomic mass is 16.4. The Kier molecular flexibility index (Phi) is 7.06. The van der Waals surface area contributed by atoms with E-state index in [1.165, 1.54) is 18.5 Å². The Morgan fingerprint density at radius 3 is 1.90 bits per heavy atom. The van der Waals surface area contributed by atoms with E-state index >= 15 is 0 Å². The molecular weight excluding hydrogens is 262 g/mol. The van der Waals surface area contributed by atoms with E-state index in [2.05, 4.69) is 37.8 Å². The first-order valence-corrected chi connectivity index (χ1v) is 7.77. The van der Waals surface area contributed by atoms with Crippen LogP contribution in [-0.2, 0) is 0 Å². The normalized spacial score (nSPS) is 12.2. The lowest BCUT2D eigenvalue weighted by atomic mass is 10.1. The summed E-state index contributed by atoms with van der Waals surface area (Å²) in [7, 11) is 0. The zero-order valence-corrected chi connectivity index (χ0v) is 13.7. The first-order valence-electron chi connectivity index (χ1n) is 7.77. The molecule has 0 spiro atoms. The van der Waals surface area contributed by atoms with Crippen LogP contribution in [0, 0.1) is 11.8 Å². The van der Waals surface area contributed by atoms with E-state index in [4.69, 9.17) is 10.9 Å². The maximum absolute atomic E-state index is 8.71. The topological polar surface area (TPSA) is 61.8 Å². The molecule has 0 amide bonds. The third-order valence-corrected chi connectivity index (χ3v) is 3.59. The van der Waals surface area contributed by atoms with Crippen LogP contribution in [0.25, 0.3) is 0 Å². The maximum Gasteiger partial charge on any atom is 0.170 e. The molecule has 0 saturated heterocycles. The SMILES string of the molecule is CC(C)CCN(CCC(C)C)c1ccc(/C(N)=N/O)cc1. The van der Waals surface area contributed by atoms with Crippen molar-refractivity contribution in [3.8, 4) is 0 Å². The van der Waals surface area contributed by atoms with Gasteiger partial charge in [-0.05, 0) is 48.9 Å². The predicted octanol–water partition coefficient (Wildman–Crippen LogP) is 3.68. The van der Waals surface area contributed by atoms with Gasteiger partial charge < -0.3 is 15.8 Å². The molecule has 0 fully saturated rings. The molecule has 0 atom stereocenters. The minimum atomic E-state index is 0.150. The molecule has 118 valence electrons. The summed E-state index contributed by atoms with van der Waals surface area (Å²) >= 11 is 0. The van der Waals surface area contributed by atoms with Gasteiger partial charge in [0.2, 0.25) is 0 Å². The van der Waals surface area contributed by atoms with Gasteiger partial charge in [0.15, 0.2) is 5.84 Å². The number of hydrogen-bond acceptors (Lipinski definition) is 3. The van der Waals surface area contributed by atoms with Gasteiger partial charge in [-0.25, -0.2) is 0 Å². The fourth-order valence-corrected chi connectivity index (χ4v) is 2.10. The molecule has 0 aromatic heterocycles. The fraction of sp³-hybridized carbons (Fsp3) is 0.588. The number of nitrogens with two attached hydrogens (primary N) is 1. The maximum atomic E-state index is 8.71. The zero-order valence-electron chi connectivity index (χ0n) is 13.7.